The Morgan fingerprint density at radius 3 is 1.15 bits per heavy atom. The molecule has 3 heterocycles. The smallest absolute Gasteiger partial charge is 0.142 e. The maximum absolute atomic E-state index is 6.17. The fourth-order valence-corrected chi connectivity index (χ4v) is 4.03. The van der Waals surface area contributed by atoms with Crippen molar-refractivity contribution in [2.24, 2.45) is 0 Å². The minimum atomic E-state index is 0.443. The minimum Gasteiger partial charge on any atom is -0.488 e. The Bertz CT molecular complexity index is 762. The fraction of sp³-hybridized carbons (Fsp3) is 0.538. The van der Waals surface area contributed by atoms with Gasteiger partial charge in [0.15, 0.2) is 0 Å². The van der Waals surface area contributed by atoms with Crippen molar-refractivity contribution in [1.82, 2.24) is 0 Å². The maximum Gasteiger partial charge on any atom is 0.142 e. The van der Waals surface area contributed by atoms with E-state index >= 15 is 0 Å². The van der Waals surface area contributed by atoms with Crippen LogP contribution < -0.4 is 19.3 Å². The molecule has 2 aromatic carbocycles. The van der Waals surface area contributed by atoms with E-state index in [4.69, 9.17) is 28.4 Å². The van der Waals surface area contributed by atoms with Gasteiger partial charge in [0.1, 0.15) is 24.7 Å². The second-order valence-corrected chi connectivity index (χ2v) is 8.06. The number of rotatable bonds is 0. The normalized spacial score (nSPS) is 19.8. The summed E-state index contributed by atoms with van der Waals surface area (Å²) in [5, 5.41) is 0. The van der Waals surface area contributed by atoms with Crippen molar-refractivity contribution in [3.8, 4) is 11.5 Å². The molecule has 0 amide bonds. The summed E-state index contributed by atoms with van der Waals surface area (Å²) in [5.74, 6) is 1.66. The number of hydrogen-bond donors (Lipinski definition) is 0. The molecule has 0 N–H and O–H groups in total. The Balaban J connectivity index is 1.59. The molecule has 1 fully saturated rings. The lowest BCUT2D eigenvalue weighted by Gasteiger charge is -2.28. The van der Waals surface area contributed by atoms with Crippen LogP contribution in [0, 0.1) is 0 Å². The van der Waals surface area contributed by atoms with E-state index in [0.717, 1.165) is 49.1 Å². The molecule has 2 aromatic rings. The third-order valence-corrected chi connectivity index (χ3v) is 5.78. The third kappa shape index (κ3) is 7.50. The highest BCUT2D eigenvalue weighted by Gasteiger charge is 2.15. The number of benzene rings is 2. The van der Waals surface area contributed by atoms with E-state index in [0.29, 0.717) is 66.1 Å². The number of hydrogen-bond acceptors (Lipinski definition) is 8. The number of para-hydroxylation sites is 4. The molecule has 186 valence electrons. The van der Waals surface area contributed by atoms with Gasteiger partial charge in [-0.3, -0.25) is 0 Å². The number of fused-ring (bicyclic) bond motifs is 17. The summed E-state index contributed by atoms with van der Waals surface area (Å²) in [6.45, 7) is 8.47. The molecule has 0 unspecified atom stereocenters. The fourth-order valence-electron chi connectivity index (χ4n) is 4.03. The van der Waals surface area contributed by atoms with Crippen LogP contribution >= 0.6 is 0 Å². The number of nitrogens with zero attached hydrogens (tertiary/aromatic N) is 2. The van der Waals surface area contributed by atoms with E-state index in [2.05, 4.69) is 21.9 Å². The standard InChI is InChI=1S/C26H36N2O6/c1-3-7-25-23(5-1)27-9-13-29-17-19-31-15-11-28(12-16-32-20-18-30-14-10-27)24-6-2-4-8-26(24)34-22-21-33-25/h1-8H,9-22H2. The third-order valence-electron chi connectivity index (χ3n) is 5.78. The zero-order valence-electron chi connectivity index (χ0n) is 19.9. The average molecular weight is 473 g/mol. The molecule has 0 saturated carbocycles. The molecule has 0 atom stereocenters. The van der Waals surface area contributed by atoms with E-state index in [-0.39, 0.29) is 0 Å². The van der Waals surface area contributed by atoms with Crippen LogP contribution in [-0.4, -0.2) is 92.2 Å². The monoisotopic (exact) mass is 472 g/mol. The van der Waals surface area contributed by atoms with Crippen molar-refractivity contribution in [1.29, 1.82) is 0 Å². The van der Waals surface area contributed by atoms with Crippen LogP contribution in [-0.2, 0) is 18.9 Å². The summed E-state index contributed by atoms with van der Waals surface area (Å²) in [7, 11) is 0. The molecule has 2 bridgehead atoms. The van der Waals surface area contributed by atoms with Gasteiger partial charge in [-0.05, 0) is 24.3 Å². The minimum absolute atomic E-state index is 0.443. The molecule has 0 aliphatic carbocycles. The van der Waals surface area contributed by atoms with Gasteiger partial charge in [-0.2, -0.15) is 0 Å². The van der Waals surface area contributed by atoms with Crippen molar-refractivity contribution in [2.45, 2.75) is 0 Å². The van der Waals surface area contributed by atoms with Gasteiger partial charge >= 0.3 is 0 Å². The summed E-state index contributed by atoms with van der Waals surface area (Å²) >= 11 is 0. The molecule has 8 heteroatoms. The topological polar surface area (TPSA) is 61.9 Å². The highest BCUT2D eigenvalue weighted by molar-refractivity contribution is 5.59. The van der Waals surface area contributed by atoms with Gasteiger partial charge in [0, 0.05) is 26.2 Å². The van der Waals surface area contributed by atoms with E-state index < -0.39 is 0 Å². The lowest BCUT2D eigenvalue weighted by Crippen LogP contribution is -2.33. The molecule has 3 aliphatic rings. The molecule has 34 heavy (non-hydrogen) atoms. The Labute approximate surface area is 202 Å². The second-order valence-electron chi connectivity index (χ2n) is 8.06. The molecule has 1 saturated heterocycles. The maximum atomic E-state index is 6.17. The first kappa shape index (κ1) is 24.6. The molecule has 0 radical (unpaired) electrons. The highest BCUT2D eigenvalue weighted by Crippen LogP contribution is 2.30. The Morgan fingerprint density at radius 1 is 0.412 bits per heavy atom. The van der Waals surface area contributed by atoms with E-state index in [1.54, 1.807) is 0 Å². The van der Waals surface area contributed by atoms with Crippen LogP contribution in [0.25, 0.3) is 0 Å². The molecular formula is C26H36N2O6. The first-order valence-electron chi connectivity index (χ1n) is 12.2. The van der Waals surface area contributed by atoms with Crippen LogP contribution in [0.3, 0.4) is 0 Å². The molecule has 0 aromatic heterocycles. The summed E-state index contributed by atoms with van der Waals surface area (Å²) in [5.41, 5.74) is 2.05. The van der Waals surface area contributed by atoms with Crippen LogP contribution in [0.1, 0.15) is 0 Å². The van der Waals surface area contributed by atoms with Gasteiger partial charge in [-0.25, -0.2) is 0 Å². The lowest BCUT2D eigenvalue weighted by molar-refractivity contribution is 0.0434. The SMILES string of the molecule is c1ccc2c(c1)OCCOc1ccccc1N1CCOCCOCCN2CCOCCOCC1. The molecule has 8 nitrogen and oxygen atoms in total. The van der Waals surface area contributed by atoms with Gasteiger partial charge in [0.05, 0.1) is 64.2 Å². The Morgan fingerprint density at radius 2 is 0.765 bits per heavy atom. The molecule has 3 aliphatic heterocycles. The van der Waals surface area contributed by atoms with Crippen LogP contribution in [0.4, 0.5) is 11.4 Å². The quantitative estimate of drug-likeness (QED) is 0.580. The van der Waals surface area contributed by atoms with E-state index in [1.165, 1.54) is 0 Å². The highest BCUT2D eigenvalue weighted by atomic mass is 16.5. The van der Waals surface area contributed by atoms with Crippen molar-refractivity contribution in [2.75, 3.05) is 102 Å². The van der Waals surface area contributed by atoms with Gasteiger partial charge in [-0.15, -0.1) is 0 Å². The van der Waals surface area contributed by atoms with Crippen LogP contribution in [0.15, 0.2) is 48.5 Å². The second kappa shape index (κ2) is 14.0. The largest absolute Gasteiger partial charge is 0.488 e. The summed E-state index contributed by atoms with van der Waals surface area (Å²) in [6, 6.07) is 16.2. The van der Waals surface area contributed by atoms with Crippen molar-refractivity contribution < 1.29 is 28.4 Å². The van der Waals surface area contributed by atoms with Crippen LogP contribution in [0.2, 0.25) is 0 Å². The van der Waals surface area contributed by atoms with E-state index in [9.17, 15) is 0 Å². The summed E-state index contributed by atoms with van der Waals surface area (Å²) < 4.78 is 35.8. The van der Waals surface area contributed by atoms with Crippen molar-refractivity contribution in [3.63, 3.8) is 0 Å². The van der Waals surface area contributed by atoms with Gasteiger partial charge in [-0.1, -0.05) is 24.3 Å². The van der Waals surface area contributed by atoms with Crippen molar-refractivity contribution >= 4 is 11.4 Å². The van der Waals surface area contributed by atoms with Gasteiger partial charge < -0.3 is 38.2 Å². The van der Waals surface area contributed by atoms with Gasteiger partial charge in [0.2, 0.25) is 0 Å². The number of anilines is 2. The first-order chi connectivity index (χ1) is 16.9. The predicted octanol–water partition coefficient (Wildman–Crippen LogP) is 2.85. The first-order valence-corrected chi connectivity index (χ1v) is 12.2. The zero-order valence-corrected chi connectivity index (χ0v) is 19.9. The van der Waals surface area contributed by atoms with Gasteiger partial charge in [0.25, 0.3) is 0 Å². The zero-order chi connectivity index (χ0) is 23.3. The Hall–Kier alpha value is -2.52. The lowest BCUT2D eigenvalue weighted by atomic mass is 10.2. The predicted molar refractivity (Wildman–Crippen MR) is 132 cm³/mol. The molecular weight excluding hydrogens is 436 g/mol. The molecule has 5 rings (SSSR count). The Kier molecular flexibility index (Phi) is 10.1. The van der Waals surface area contributed by atoms with E-state index in [1.807, 2.05) is 36.4 Å². The number of ether oxygens (including phenoxy) is 6. The van der Waals surface area contributed by atoms with Crippen LogP contribution in [0.5, 0.6) is 11.5 Å². The molecule has 0 spiro atoms. The van der Waals surface area contributed by atoms with Crippen molar-refractivity contribution in [3.05, 3.63) is 48.5 Å². The summed E-state index contributed by atoms with van der Waals surface area (Å²) in [4.78, 5) is 4.49. The average Bonchev–Trinajstić information content (AvgIpc) is 2.87. The summed E-state index contributed by atoms with van der Waals surface area (Å²) in [6.07, 6.45) is 0.